The largest absolute Gasteiger partial charge is 1.00 e. The maximum absolute atomic E-state index is 14.1. The van der Waals surface area contributed by atoms with Gasteiger partial charge in [-0.15, -0.1) is 0 Å². The van der Waals surface area contributed by atoms with E-state index in [0.29, 0.717) is 47.0 Å². The molecule has 1 aliphatic heterocycles. The van der Waals surface area contributed by atoms with Gasteiger partial charge in [-0.05, 0) is 54.8 Å². The summed E-state index contributed by atoms with van der Waals surface area (Å²) in [5.41, 5.74) is 1.38. The molecule has 0 unspecified atom stereocenters. The average molecular weight is 554 g/mol. The summed E-state index contributed by atoms with van der Waals surface area (Å²) >= 11 is 11.8. The van der Waals surface area contributed by atoms with Gasteiger partial charge in [0.25, 0.3) is 0 Å². The first-order valence-electron chi connectivity index (χ1n) is 10.1. The third-order valence-electron chi connectivity index (χ3n) is 5.52. The minimum atomic E-state index is -4.64. The first-order valence-corrected chi connectivity index (χ1v) is 12.3. The molecule has 0 aromatic heterocycles. The van der Waals surface area contributed by atoms with Crippen LogP contribution in [0.3, 0.4) is 0 Å². The van der Waals surface area contributed by atoms with Crippen molar-refractivity contribution in [3.05, 3.63) is 86.7 Å². The number of ether oxygens (including phenoxy) is 1. The van der Waals surface area contributed by atoms with E-state index in [1.165, 1.54) is 12.1 Å². The van der Waals surface area contributed by atoms with Gasteiger partial charge in [-0.2, -0.15) is 0 Å². The maximum atomic E-state index is 14.1. The molecule has 0 saturated heterocycles. The molecule has 4 rings (SSSR count). The number of hydrogen-bond donors (Lipinski definition) is 0. The number of benzene rings is 3. The minimum absolute atomic E-state index is 0. The first kappa shape index (κ1) is 28.1. The fraction of sp³-hybridized carbons (Fsp3) is 0.217. The normalized spacial score (nSPS) is 13.3. The number of halogens is 5. The van der Waals surface area contributed by atoms with Gasteiger partial charge in [0.2, 0.25) is 0 Å². The van der Waals surface area contributed by atoms with Crippen LogP contribution in [0.15, 0.2) is 47.4 Å². The Morgan fingerprint density at radius 2 is 1.74 bits per heavy atom. The second-order valence-electron chi connectivity index (χ2n) is 7.73. The van der Waals surface area contributed by atoms with Gasteiger partial charge < -0.3 is 14.2 Å². The molecule has 0 saturated carbocycles. The second kappa shape index (κ2) is 11.3. The van der Waals surface area contributed by atoms with Gasteiger partial charge in [-0.25, -0.2) is 21.6 Å². The molecule has 0 radical (unpaired) electrons. The molecule has 0 bridgehead atoms. The molecule has 12 heteroatoms. The van der Waals surface area contributed by atoms with Gasteiger partial charge in [-0.3, -0.25) is 0 Å². The van der Waals surface area contributed by atoms with E-state index < -0.39 is 39.2 Å². The number of hydrogen-bond acceptors (Lipinski definition) is 5. The van der Waals surface area contributed by atoms with Gasteiger partial charge in [0.1, 0.15) is 22.5 Å². The Morgan fingerprint density at radius 1 is 1.00 bits per heavy atom. The zero-order valence-corrected chi connectivity index (χ0v) is 22.8. The summed E-state index contributed by atoms with van der Waals surface area (Å²) in [5, 5.41) is -0.166. The van der Waals surface area contributed by atoms with Gasteiger partial charge in [0.15, 0.2) is 17.5 Å². The van der Waals surface area contributed by atoms with Gasteiger partial charge in [0, 0.05) is 34.9 Å². The summed E-state index contributed by atoms with van der Waals surface area (Å²) in [6.07, 6.45) is 1.06. The Morgan fingerprint density at radius 3 is 2.46 bits per heavy atom. The van der Waals surface area contributed by atoms with E-state index in [2.05, 4.69) is 0 Å². The third kappa shape index (κ3) is 6.10. The Kier molecular flexibility index (Phi) is 9.07. The molecule has 5 nitrogen and oxygen atoms in total. The standard InChI is InChI=1S/C23H18Cl2F3NO4S.Na/c24-15-6-7-19(33-12-14-10-17(25)22(27)23(28)21(14)26)13(9-15)11-29-8-2-3-16-18(29)4-1-5-20(16)34(30,31)32;/h1,4-7,9-10H,2-3,8,11-12H2,(H,30,31,32);/q;+1/p-1. The molecule has 1 aliphatic rings. The molecular formula is C23H17Cl2F3NNaO4S. The maximum Gasteiger partial charge on any atom is 1.00 e. The summed E-state index contributed by atoms with van der Waals surface area (Å²) in [7, 11) is -4.64. The van der Waals surface area contributed by atoms with E-state index >= 15 is 0 Å². The molecule has 0 aliphatic carbocycles. The summed E-state index contributed by atoms with van der Waals surface area (Å²) in [6, 6.07) is 10.2. The van der Waals surface area contributed by atoms with E-state index in [-0.39, 0.29) is 46.6 Å². The summed E-state index contributed by atoms with van der Waals surface area (Å²) in [6.45, 7) is 0.396. The van der Waals surface area contributed by atoms with Crippen LogP contribution in [0.2, 0.25) is 10.0 Å². The summed E-state index contributed by atoms with van der Waals surface area (Å²) < 4.78 is 82.0. The molecule has 3 aromatic rings. The van der Waals surface area contributed by atoms with Crippen LogP contribution in [0.4, 0.5) is 18.9 Å². The predicted octanol–water partition coefficient (Wildman–Crippen LogP) is 2.85. The van der Waals surface area contributed by atoms with Gasteiger partial charge in [-0.1, -0.05) is 29.3 Å². The van der Waals surface area contributed by atoms with Crippen LogP contribution < -0.4 is 39.2 Å². The van der Waals surface area contributed by atoms with Gasteiger partial charge in [0.05, 0.1) is 9.92 Å². The average Bonchev–Trinajstić information content (AvgIpc) is 2.79. The van der Waals surface area contributed by atoms with Crippen LogP contribution in [0.5, 0.6) is 5.75 Å². The van der Waals surface area contributed by atoms with Crippen LogP contribution in [0, 0.1) is 17.5 Å². The molecule has 0 fully saturated rings. The number of nitrogens with zero attached hydrogens (tertiary/aromatic N) is 1. The number of anilines is 1. The van der Waals surface area contributed by atoms with Crippen LogP contribution >= 0.6 is 23.2 Å². The Labute approximate surface area is 232 Å². The van der Waals surface area contributed by atoms with Crippen molar-refractivity contribution < 1.29 is 60.4 Å². The fourth-order valence-corrected chi connectivity index (χ4v) is 5.13. The summed E-state index contributed by atoms with van der Waals surface area (Å²) in [4.78, 5) is 1.64. The molecule has 35 heavy (non-hydrogen) atoms. The van der Waals surface area contributed by atoms with Crippen molar-refractivity contribution in [2.75, 3.05) is 11.4 Å². The fourth-order valence-electron chi connectivity index (χ4n) is 3.97. The number of rotatable bonds is 6. The Bertz CT molecular complexity index is 1380. The van der Waals surface area contributed by atoms with E-state index in [1.807, 2.05) is 4.90 Å². The van der Waals surface area contributed by atoms with Crippen molar-refractivity contribution in [2.24, 2.45) is 0 Å². The zero-order valence-electron chi connectivity index (χ0n) is 18.5. The monoisotopic (exact) mass is 553 g/mol. The molecule has 0 atom stereocenters. The van der Waals surface area contributed by atoms with Crippen molar-refractivity contribution >= 4 is 39.0 Å². The molecular weight excluding hydrogens is 537 g/mol. The number of fused-ring (bicyclic) bond motifs is 1. The topological polar surface area (TPSA) is 69.7 Å². The zero-order chi connectivity index (χ0) is 24.6. The van der Waals surface area contributed by atoms with Gasteiger partial charge >= 0.3 is 29.6 Å². The van der Waals surface area contributed by atoms with Crippen molar-refractivity contribution in [3.63, 3.8) is 0 Å². The van der Waals surface area contributed by atoms with E-state index in [4.69, 9.17) is 27.9 Å². The van der Waals surface area contributed by atoms with Crippen molar-refractivity contribution in [3.8, 4) is 5.75 Å². The van der Waals surface area contributed by atoms with Crippen LogP contribution in [0.25, 0.3) is 0 Å². The smallest absolute Gasteiger partial charge is 0.744 e. The molecule has 0 spiro atoms. The van der Waals surface area contributed by atoms with E-state index in [9.17, 15) is 26.1 Å². The molecule has 0 N–H and O–H groups in total. The van der Waals surface area contributed by atoms with Crippen LogP contribution in [-0.4, -0.2) is 19.5 Å². The predicted molar refractivity (Wildman–Crippen MR) is 121 cm³/mol. The third-order valence-corrected chi connectivity index (χ3v) is 6.95. The molecule has 180 valence electrons. The van der Waals surface area contributed by atoms with Crippen LogP contribution in [-0.2, 0) is 29.7 Å². The van der Waals surface area contributed by atoms with Crippen molar-refractivity contribution in [2.45, 2.75) is 30.9 Å². The minimum Gasteiger partial charge on any atom is -0.744 e. The Hall–Kier alpha value is -1.46. The Balaban J connectivity index is 0.00000342. The quantitative estimate of drug-likeness (QED) is 0.203. The molecule has 3 aromatic carbocycles. The van der Waals surface area contributed by atoms with Crippen LogP contribution in [0.1, 0.15) is 23.1 Å². The SMILES string of the molecule is O=S(=O)([O-])c1cccc2c1CCCN2Cc1cc(Cl)ccc1OCc1cc(Cl)c(F)c(F)c1F.[Na+]. The second-order valence-corrected chi connectivity index (χ2v) is 9.92. The van der Waals surface area contributed by atoms with E-state index in [1.54, 1.807) is 24.3 Å². The van der Waals surface area contributed by atoms with Crippen molar-refractivity contribution in [1.82, 2.24) is 0 Å². The summed E-state index contributed by atoms with van der Waals surface area (Å²) in [5.74, 6) is -4.24. The van der Waals surface area contributed by atoms with E-state index in [0.717, 1.165) is 6.07 Å². The first-order chi connectivity index (χ1) is 16.1. The molecule has 1 heterocycles. The van der Waals surface area contributed by atoms with Crippen molar-refractivity contribution in [1.29, 1.82) is 0 Å². The molecule has 0 amide bonds.